The van der Waals surface area contributed by atoms with Crippen LogP contribution in [0.3, 0.4) is 0 Å². The van der Waals surface area contributed by atoms with E-state index in [1.165, 1.54) is 6.92 Å². The summed E-state index contributed by atoms with van der Waals surface area (Å²) in [7, 11) is -3.93. The molecular weight excluding hydrogens is 286 g/mol. The number of aryl methyl sites for hydroxylation is 1. The van der Waals surface area contributed by atoms with Crippen molar-refractivity contribution in [3.8, 4) is 0 Å². The van der Waals surface area contributed by atoms with Gasteiger partial charge in [-0.1, -0.05) is 0 Å². The van der Waals surface area contributed by atoms with Crippen molar-refractivity contribution in [2.75, 3.05) is 0 Å². The van der Waals surface area contributed by atoms with E-state index in [0.717, 1.165) is 12.8 Å². The Balaban J connectivity index is 1.89. The molecule has 1 aromatic rings. The zero-order valence-electron chi connectivity index (χ0n) is 10.8. The molecule has 110 valence electrons. The van der Waals surface area contributed by atoms with Crippen molar-refractivity contribution in [1.29, 1.82) is 0 Å². The van der Waals surface area contributed by atoms with E-state index in [4.69, 9.17) is 9.84 Å². The number of aromatic amines is 1. The lowest BCUT2D eigenvalue weighted by Crippen LogP contribution is -2.41. The summed E-state index contributed by atoms with van der Waals surface area (Å²) in [4.78, 5) is 10.7. The topological polar surface area (TPSA) is 121 Å². The number of hydrogen-bond acceptors (Lipinski definition) is 5. The summed E-state index contributed by atoms with van der Waals surface area (Å²) in [5, 5.41) is 14.9. The highest BCUT2D eigenvalue weighted by molar-refractivity contribution is 7.89. The first-order valence-electron chi connectivity index (χ1n) is 6.34. The van der Waals surface area contributed by atoms with E-state index in [1.54, 1.807) is 0 Å². The van der Waals surface area contributed by atoms with Crippen molar-refractivity contribution in [2.45, 2.75) is 49.3 Å². The molecule has 3 atom stereocenters. The number of H-pyrrole nitrogens is 1. The van der Waals surface area contributed by atoms with Gasteiger partial charge in [0.25, 0.3) is 0 Å². The smallest absolute Gasteiger partial charge is 0.357 e. The highest BCUT2D eigenvalue weighted by Crippen LogP contribution is 2.35. The minimum Gasteiger partial charge on any atom is -0.476 e. The van der Waals surface area contributed by atoms with E-state index in [0.29, 0.717) is 6.42 Å². The molecule has 2 saturated heterocycles. The third kappa shape index (κ3) is 2.11. The number of carboxylic acid groups (broad SMARTS) is 1. The fourth-order valence-corrected chi connectivity index (χ4v) is 4.51. The Morgan fingerprint density at radius 3 is 2.80 bits per heavy atom. The Labute approximate surface area is 115 Å². The molecule has 2 aliphatic heterocycles. The van der Waals surface area contributed by atoms with Crippen molar-refractivity contribution in [2.24, 2.45) is 0 Å². The summed E-state index contributed by atoms with van der Waals surface area (Å²) in [5.41, 5.74) is -0.280. The lowest BCUT2D eigenvalue weighted by molar-refractivity contribution is 0.0686. The van der Waals surface area contributed by atoms with E-state index in [-0.39, 0.29) is 28.8 Å². The molecule has 8 nitrogen and oxygen atoms in total. The molecule has 0 aromatic carbocycles. The fraction of sp³-hybridized carbons (Fsp3) is 0.636. The number of fused-ring (bicyclic) bond motifs is 2. The number of nitrogens with one attached hydrogen (secondary N) is 2. The number of nitrogens with zero attached hydrogens (tertiary/aromatic N) is 1. The highest BCUT2D eigenvalue weighted by atomic mass is 32.2. The van der Waals surface area contributed by atoms with E-state index in [2.05, 4.69) is 14.9 Å². The van der Waals surface area contributed by atoms with Crippen molar-refractivity contribution in [1.82, 2.24) is 14.9 Å². The molecule has 20 heavy (non-hydrogen) atoms. The second-order valence-corrected chi connectivity index (χ2v) is 6.82. The number of rotatable bonds is 4. The highest BCUT2D eigenvalue weighted by Gasteiger charge is 2.43. The van der Waals surface area contributed by atoms with Crippen LogP contribution in [0.15, 0.2) is 4.90 Å². The minimum atomic E-state index is -3.93. The number of aromatic carboxylic acids is 1. The third-order valence-electron chi connectivity index (χ3n) is 3.77. The summed E-state index contributed by atoms with van der Waals surface area (Å²) in [6.07, 6.45) is 2.40. The van der Waals surface area contributed by atoms with Crippen molar-refractivity contribution >= 4 is 16.0 Å². The molecule has 0 saturated carbocycles. The Morgan fingerprint density at radius 1 is 1.50 bits per heavy atom. The van der Waals surface area contributed by atoms with Crippen molar-refractivity contribution in [3.05, 3.63) is 11.4 Å². The van der Waals surface area contributed by atoms with Gasteiger partial charge in [-0.05, 0) is 26.2 Å². The lowest BCUT2D eigenvalue weighted by atomic mass is 9.96. The molecular formula is C11H15N3O5S. The van der Waals surface area contributed by atoms with Gasteiger partial charge in [0.2, 0.25) is 10.0 Å². The number of carbonyl (C=O) groups is 1. The monoisotopic (exact) mass is 301 g/mol. The molecule has 0 aliphatic carbocycles. The quantitative estimate of drug-likeness (QED) is 0.720. The summed E-state index contributed by atoms with van der Waals surface area (Å²) in [5.74, 6) is -1.38. The van der Waals surface area contributed by atoms with Crippen LogP contribution in [0.2, 0.25) is 0 Å². The Bertz CT molecular complexity index is 653. The SMILES string of the molecule is Cc1[nH]nc(C(=O)O)c1S(=O)(=O)NC1CC2CCC1O2. The number of sulfonamides is 1. The Morgan fingerprint density at radius 2 is 2.25 bits per heavy atom. The maximum atomic E-state index is 12.4. The van der Waals surface area contributed by atoms with Gasteiger partial charge in [0, 0.05) is 0 Å². The predicted molar refractivity (Wildman–Crippen MR) is 66.9 cm³/mol. The van der Waals surface area contributed by atoms with E-state index in [1.807, 2.05) is 0 Å². The summed E-state index contributed by atoms with van der Waals surface area (Å²) >= 11 is 0. The first-order valence-corrected chi connectivity index (χ1v) is 7.83. The van der Waals surface area contributed by atoms with Gasteiger partial charge in [0.1, 0.15) is 4.90 Å². The molecule has 2 bridgehead atoms. The maximum Gasteiger partial charge on any atom is 0.357 e. The fourth-order valence-electron chi connectivity index (χ4n) is 2.91. The molecule has 0 spiro atoms. The van der Waals surface area contributed by atoms with Crippen LogP contribution in [0.1, 0.15) is 35.4 Å². The van der Waals surface area contributed by atoms with Crippen LogP contribution in [-0.4, -0.2) is 47.9 Å². The van der Waals surface area contributed by atoms with Crippen LogP contribution < -0.4 is 4.72 Å². The average molecular weight is 301 g/mol. The van der Waals surface area contributed by atoms with Crippen LogP contribution in [-0.2, 0) is 14.8 Å². The van der Waals surface area contributed by atoms with Crippen molar-refractivity contribution < 1.29 is 23.1 Å². The number of hydrogen-bond donors (Lipinski definition) is 3. The Hall–Kier alpha value is -1.45. The lowest BCUT2D eigenvalue weighted by Gasteiger charge is -2.19. The maximum absolute atomic E-state index is 12.4. The normalized spacial score (nSPS) is 28.9. The second kappa shape index (κ2) is 4.54. The molecule has 3 N–H and O–H groups in total. The van der Waals surface area contributed by atoms with E-state index >= 15 is 0 Å². The number of ether oxygens (including phenoxy) is 1. The molecule has 1 aromatic heterocycles. The van der Waals surface area contributed by atoms with Gasteiger partial charge in [-0.2, -0.15) is 5.10 Å². The standard InChI is InChI=1S/C11H15N3O5S/c1-5-10(9(11(15)16)13-12-5)20(17,18)14-7-4-6-2-3-8(7)19-6/h6-8,14H,2-4H2,1H3,(H,12,13)(H,15,16). The summed E-state index contributed by atoms with van der Waals surface area (Å²) in [6, 6.07) is -0.297. The van der Waals surface area contributed by atoms with Gasteiger partial charge < -0.3 is 9.84 Å². The Kier molecular flexibility index (Phi) is 3.07. The van der Waals surface area contributed by atoms with Gasteiger partial charge in [-0.3, -0.25) is 5.10 Å². The second-order valence-electron chi connectivity index (χ2n) is 5.17. The largest absolute Gasteiger partial charge is 0.476 e. The molecule has 0 amide bonds. The number of carboxylic acids is 1. The van der Waals surface area contributed by atoms with Gasteiger partial charge in [0.05, 0.1) is 23.9 Å². The zero-order chi connectivity index (χ0) is 14.5. The average Bonchev–Trinajstić information content (AvgIpc) is 3.02. The molecule has 0 radical (unpaired) electrons. The van der Waals surface area contributed by atoms with Crippen LogP contribution in [0, 0.1) is 6.92 Å². The van der Waals surface area contributed by atoms with E-state index in [9.17, 15) is 13.2 Å². The van der Waals surface area contributed by atoms with Crippen LogP contribution >= 0.6 is 0 Å². The van der Waals surface area contributed by atoms with Crippen LogP contribution in [0.5, 0.6) is 0 Å². The van der Waals surface area contributed by atoms with Crippen molar-refractivity contribution in [3.63, 3.8) is 0 Å². The first kappa shape index (κ1) is 13.5. The van der Waals surface area contributed by atoms with Gasteiger partial charge in [-0.25, -0.2) is 17.9 Å². The molecule has 3 rings (SSSR count). The van der Waals surface area contributed by atoms with E-state index < -0.39 is 21.7 Å². The molecule has 2 aliphatic rings. The van der Waals surface area contributed by atoms with Gasteiger partial charge in [0.15, 0.2) is 5.69 Å². The van der Waals surface area contributed by atoms with Gasteiger partial charge >= 0.3 is 5.97 Å². The zero-order valence-corrected chi connectivity index (χ0v) is 11.6. The molecule has 3 unspecified atom stereocenters. The first-order chi connectivity index (χ1) is 9.38. The predicted octanol–water partition coefficient (Wildman–Crippen LogP) is 0.0145. The molecule has 3 heterocycles. The molecule has 9 heteroatoms. The van der Waals surface area contributed by atoms with Crippen LogP contribution in [0.25, 0.3) is 0 Å². The summed E-state index contributed by atoms with van der Waals surface area (Å²) in [6.45, 7) is 1.48. The van der Waals surface area contributed by atoms with Crippen LogP contribution in [0.4, 0.5) is 0 Å². The summed E-state index contributed by atoms with van der Waals surface area (Å²) < 4.78 is 32.9. The number of aromatic nitrogens is 2. The third-order valence-corrected chi connectivity index (χ3v) is 5.42. The van der Waals surface area contributed by atoms with Gasteiger partial charge in [-0.15, -0.1) is 0 Å². The molecule has 2 fully saturated rings. The minimum absolute atomic E-state index is 0.108.